The van der Waals surface area contributed by atoms with Crippen LogP contribution in [0.2, 0.25) is 5.02 Å². The second-order valence-corrected chi connectivity index (χ2v) is 6.15. The van der Waals surface area contributed by atoms with Crippen molar-refractivity contribution in [3.05, 3.63) is 68.7 Å². The number of hydrogen-bond acceptors (Lipinski definition) is 4. The zero-order valence-corrected chi connectivity index (χ0v) is 13.7. The highest BCUT2D eigenvalue weighted by atomic mass is 35.5. The second-order valence-electron chi connectivity index (χ2n) is 5.72. The Hall–Kier alpha value is -2.60. The standard InChI is InChI=1S/C17H16ClN3O3/c1-19-17(22)11-5-6-14(16(8-11)21(23)24)20-15-9-13(15)10-3-2-4-12(18)7-10/h2-8,13,15,20H,9H2,1H3,(H,19,22). The van der Waals surface area contributed by atoms with Crippen LogP contribution in [0.1, 0.15) is 28.3 Å². The molecule has 6 nitrogen and oxygen atoms in total. The number of benzene rings is 2. The molecule has 0 saturated heterocycles. The molecule has 0 aromatic heterocycles. The van der Waals surface area contributed by atoms with E-state index >= 15 is 0 Å². The quantitative estimate of drug-likeness (QED) is 0.640. The van der Waals surface area contributed by atoms with E-state index in [1.54, 1.807) is 12.1 Å². The minimum absolute atomic E-state index is 0.104. The van der Waals surface area contributed by atoms with Gasteiger partial charge in [0.25, 0.3) is 11.6 Å². The van der Waals surface area contributed by atoms with E-state index in [-0.39, 0.29) is 29.1 Å². The van der Waals surface area contributed by atoms with Gasteiger partial charge in [0.05, 0.1) is 4.92 Å². The third-order valence-corrected chi connectivity index (χ3v) is 4.33. The van der Waals surface area contributed by atoms with Gasteiger partial charge in [0.1, 0.15) is 5.69 Å². The number of anilines is 1. The van der Waals surface area contributed by atoms with Crippen LogP contribution in [-0.2, 0) is 0 Å². The number of carbonyl (C=O) groups is 1. The van der Waals surface area contributed by atoms with Gasteiger partial charge in [0.15, 0.2) is 0 Å². The van der Waals surface area contributed by atoms with Gasteiger partial charge < -0.3 is 10.6 Å². The van der Waals surface area contributed by atoms with E-state index in [1.165, 1.54) is 13.1 Å². The average Bonchev–Trinajstić information content (AvgIpc) is 3.33. The minimum Gasteiger partial charge on any atom is -0.376 e. The van der Waals surface area contributed by atoms with Gasteiger partial charge in [-0.05, 0) is 36.2 Å². The van der Waals surface area contributed by atoms with Gasteiger partial charge in [-0.1, -0.05) is 23.7 Å². The molecule has 1 fully saturated rings. The minimum atomic E-state index is -0.481. The van der Waals surface area contributed by atoms with Gasteiger partial charge in [-0.25, -0.2) is 0 Å². The molecule has 2 aromatic rings. The van der Waals surface area contributed by atoms with Crippen molar-refractivity contribution >= 4 is 28.9 Å². The summed E-state index contributed by atoms with van der Waals surface area (Å²) in [6.07, 6.45) is 0.884. The van der Waals surface area contributed by atoms with Crippen molar-refractivity contribution in [2.24, 2.45) is 0 Å². The number of carbonyl (C=O) groups excluding carboxylic acids is 1. The van der Waals surface area contributed by atoms with Gasteiger partial charge in [-0.15, -0.1) is 0 Å². The maximum Gasteiger partial charge on any atom is 0.293 e. The first-order valence-corrected chi connectivity index (χ1v) is 7.90. The molecule has 124 valence electrons. The molecule has 1 aliphatic rings. The molecule has 2 N–H and O–H groups in total. The van der Waals surface area contributed by atoms with Crippen molar-refractivity contribution in [3.63, 3.8) is 0 Å². The molecule has 0 aliphatic heterocycles. The first-order valence-electron chi connectivity index (χ1n) is 7.52. The fourth-order valence-corrected chi connectivity index (χ4v) is 2.95. The first kappa shape index (κ1) is 16.3. The van der Waals surface area contributed by atoms with Crippen molar-refractivity contribution in [2.45, 2.75) is 18.4 Å². The summed E-state index contributed by atoms with van der Waals surface area (Å²) in [5, 5.41) is 17.6. The van der Waals surface area contributed by atoms with E-state index in [4.69, 9.17) is 11.6 Å². The smallest absolute Gasteiger partial charge is 0.293 e. The number of nitrogens with zero attached hydrogens (tertiary/aromatic N) is 1. The van der Waals surface area contributed by atoms with Gasteiger partial charge in [-0.3, -0.25) is 14.9 Å². The van der Waals surface area contributed by atoms with Crippen LogP contribution in [-0.4, -0.2) is 23.9 Å². The van der Waals surface area contributed by atoms with Crippen LogP contribution in [0.25, 0.3) is 0 Å². The highest BCUT2D eigenvalue weighted by Crippen LogP contribution is 2.44. The summed E-state index contributed by atoms with van der Waals surface area (Å²) in [5.41, 5.74) is 1.69. The largest absolute Gasteiger partial charge is 0.376 e. The SMILES string of the molecule is CNC(=O)c1ccc(NC2CC2c2cccc(Cl)c2)c([N+](=O)[O-])c1. The summed E-state index contributed by atoms with van der Waals surface area (Å²) in [6.45, 7) is 0. The number of halogens is 1. The Balaban J connectivity index is 1.78. The van der Waals surface area contributed by atoms with E-state index in [0.717, 1.165) is 12.0 Å². The molecule has 0 bridgehead atoms. The van der Waals surface area contributed by atoms with E-state index in [2.05, 4.69) is 10.6 Å². The molecule has 1 saturated carbocycles. The third-order valence-electron chi connectivity index (χ3n) is 4.09. The maximum absolute atomic E-state index is 11.6. The zero-order valence-electron chi connectivity index (χ0n) is 13.0. The number of nitro benzene ring substituents is 1. The maximum atomic E-state index is 11.6. The number of nitrogens with one attached hydrogen (secondary N) is 2. The van der Waals surface area contributed by atoms with Crippen LogP contribution in [0.15, 0.2) is 42.5 Å². The lowest BCUT2D eigenvalue weighted by atomic mass is 10.1. The Kier molecular flexibility index (Phi) is 4.40. The lowest BCUT2D eigenvalue weighted by Crippen LogP contribution is -2.18. The summed E-state index contributed by atoms with van der Waals surface area (Å²) < 4.78 is 0. The molecule has 0 heterocycles. The molecule has 2 unspecified atom stereocenters. The number of amides is 1. The highest BCUT2D eigenvalue weighted by Gasteiger charge is 2.39. The Bertz CT molecular complexity index is 809. The highest BCUT2D eigenvalue weighted by molar-refractivity contribution is 6.30. The van der Waals surface area contributed by atoms with Crippen LogP contribution >= 0.6 is 11.6 Å². The van der Waals surface area contributed by atoms with E-state index in [9.17, 15) is 14.9 Å². The molecular formula is C17H16ClN3O3. The Labute approximate surface area is 144 Å². The fourth-order valence-electron chi connectivity index (χ4n) is 2.75. The summed E-state index contributed by atoms with van der Waals surface area (Å²) >= 11 is 6.00. The normalized spacial score (nSPS) is 18.8. The lowest BCUT2D eigenvalue weighted by Gasteiger charge is -2.08. The zero-order chi connectivity index (χ0) is 17.3. The van der Waals surface area contributed by atoms with E-state index in [1.807, 2.05) is 24.3 Å². The summed E-state index contributed by atoms with van der Waals surface area (Å²) in [7, 11) is 1.49. The molecule has 0 spiro atoms. The van der Waals surface area contributed by atoms with Crippen LogP contribution in [0.4, 0.5) is 11.4 Å². The van der Waals surface area contributed by atoms with Crippen LogP contribution < -0.4 is 10.6 Å². The topological polar surface area (TPSA) is 84.3 Å². The van der Waals surface area contributed by atoms with E-state index < -0.39 is 4.92 Å². The van der Waals surface area contributed by atoms with Crippen LogP contribution in [0.3, 0.4) is 0 Å². The molecule has 2 atom stereocenters. The first-order chi connectivity index (χ1) is 11.5. The van der Waals surface area contributed by atoms with Crippen molar-refractivity contribution < 1.29 is 9.72 Å². The van der Waals surface area contributed by atoms with Crippen LogP contribution in [0.5, 0.6) is 0 Å². The van der Waals surface area contributed by atoms with Crippen molar-refractivity contribution in [2.75, 3.05) is 12.4 Å². The van der Waals surface area contributed by atoms with Crippen molar-refractivity contribution in [1.82, 2.24) is 5.32 Å². The average molecular weight is 346 g/mol. The molecule has 3 rings (SSSR count). The summed E-state index contributed by atoms with van der Waals surface area (Å²) in [5.74, 6) is -0.0743. The monoisotopic (exact) mass is 345 g/mol. The van der Waals surface area contributed by atoms with Crippen LogP contribution in [0, 0.1) is 10.1 Å². The molecule has 0 radical (unpaired) electrons. The molecule has 7 heteroatoms. The molecular weight excluding hydrogens is 330 g/mol. The van der Waals surface area contributed by atoms with Gasteiger partial charge in [0.2, 0.25) is 0 Å². The Morgan fingerprint density at radius 2 is 2.08 bits per heavy atom. The summed E-state index contributed by atoms with van der Waals surface area (Å²) in [4.78, 5) is 22.5. The molecule has 1 aliphatic carbocycles. The Morgan fingerprint density at radius 1 is 1.29 bits per heavy atom. The predicted octanol–water partition coefficient (Wildman–Crippen LogP) is 3.58. The second kappa shape index (κ2) is 6.49. The molecule has 24 heavy (non-hydrogen) atoms. The van der Waals surface area contributed by atoms with Gasteiger partial charge in [-0.2, -0.15) is 0 Å². The third kappa shape index (κ3) is 3.33. The number of hydrogen-bond donors (Lipinski definition) is 2. The van der Waals surface area contributed by atoms with Gasteiger partial charge >= 0.3 is 0 Å². The fraction of sp³-hybridized carbons (Fsp3) is 0.235. The van der Waals surface area contributed by atoms with Gasteiger partial charge in [0, 0.05) is 35.7 Å². The summed E-state index contributed by atoms with van der Waals surface area (Å²) in [6, 6.07) is 12.2. The lowest BCUT2D eigenvalue weighted by molar-refractivity contribution is -0.384. The Morgan fingerprint density at radius 3 is 2.75 bits per heavy atom. The number of nitro groups is 1. The predicted molar refractivity (Wildman–Crippen MR) is 92.7 cm³/mol. The number of rotatable bonds is 5. The molecule has 1 amide bonds. The van der Waals surface area contributed by atoms with Crippen molar-refractivity contribution in [1.29, 1.82) is 0 Å². The van der Waals surface area contributed by atoms with E-state index in [0.29, 0.717) is 10.7 Å². The van der Waals surface area contributed by atoms with Crippen molar-refractivity contribution in [3.8, 4) is 0 Å². The molecule has 2 aromatic carbocycles.